The molecule has 2 heteroatoms. The Morgan fingerprint density at radius 3 is 1.68 bits per heavy atom. The standard InChI is InChI=1S/C20H26O2/c1-3-4-5-12-17-20(2,21-18-13-8-6-9-14-18)22-19-15-10-7-11-16-19/h6-11,13-16H,3-5,12,17H2,1-2H3. The molecule has 0 saturated carbocycles. The van der Waals surface area contributed by atoms with Gasteiger partial charge in [0.25, 0.3) is 0 Å². The first-order valence-corrected chi connectivity index (χ1v) is 8.20. The van der Waals surface area contributed by atoms with Crippen LogP contribution >= 0.6 is 0 Å². The van der Waals surface area contributed by atoms with Crippen LogP contribution in [0.1, 0.15) is 46.0 Å². The Balaban J connectivity index is 2.05. The molecule has 22 heavy (non-hydrogen) atoms. The van der Waals surface area contributed by atoms with Crippen molar-refractivity contribution in [1.82, 2.24) is 0 Å². The Kier molecular flexibility index (Phi) is 6.32. The first-order valence-electron chi connectivity index (χ1n) is 8.20. The molecule has 0 heterocycles. The summed E-state index contributed by atoms with van der Waals surface area (Å²) in [6.45, 7) is 4.25. The van der Waals surface area contributed by atoms with Gasteiger partial charge in [0.15, 0.2) is 0 Å². The van der Waals surface area contributed by atoms with E-state index in [4.69, 9.17) is 9.47 Å². The highest BCUT2D eigenvalue weighted by molar-refractivity contribution is 5.24. The molecule has 0 bridgehead atoms. The molecule has 0 fully saturated rings. The van der Waals surface area contributed by atoms with Crippen molar-refractivity contribution in [3.63, 3.8) is 0 Å². The van der Waals surface area contributed by atoms with E-state index in [2.05, 4.69) is 6.92 Å². The fourth-order valence-corrected chi connectivity index (χ4v) is 2.47. The Bertz CT molecular complexity index is 480. The van der Waals surface area contributed by atoms with Gasteiger partial charge in [-0.25, -0.2) is 0 Å². The van der Waals surface area contributed by atoms with E-state index >= 15 is 0 Å². The van der Waals surface area contributed by atoms with Gasteiger partial charge in [0, 0.05) is 13.3 Å². The van der Waals surface area contributed by atoms with Crippen LogP contribution in [0.5, 0.6) is 11.5 Å². The van der Waals surface area contributed by atoms with Crippen LogP contribution in [0.3, 0.4) is 0 Å². The maximum Gasteiger partial charge on any atom is 0.248 e. The predicted octanol–water partition coefficient (Wildman–Crippen LogP) is 5.83. The Labute approximate surface area is 134 Å². The lowest BCUT2D eigenvalue weighted by Crippen LogP contribution is -2.39. The normalized spacial score (nSPS) is 11.2. The summed E-state index contributed by atoms with van der Waals surface area (Å²) in [6, 6.07) is 19.8. The fraction of sp³-hybridized carbons (Fsp3) is 0.400. The minimum absolute atomic E-state index is 0.642. The van der Waals surface area contributed by atoms with Crippen molar-refractivity contribution in [2.24, 2.45) is 0 Å². The second-order valence-corrected chi connectivity index (χ2v) is 5.77. The van der Waals surface area contributed by atoms with Gasteiger partial charge in [-0.1, -0.05) is 62.6 Å². The fourth-order valence-electron chi connectivity index (χ4n) is 2.47. The lowest BCUT2D eigenvalue weighted by atomic mass is 10.1. The third-order valence-electron chi connectivity index (χ3n) is 3.64. The van der Waals surface area contributed by atoms with Crippen LogP contribution in [0.15, 0.2) is 60.7 Å². The van der Waals surface area contributed by atoms with Crippen molar-refractivity contribution in [2.45, 2.75) is 51.7 Å². The molecule has 0 saturated heterocycles. The van der Waals surface area contributed by atoms with Gasteiger partial charge >= 0.3 is 0 Å². The molecule has 0 aliphatic heterocycles. The molecule has 0 amide bonds. The number of rotatable bonds is 9. The highest BCUT2D eigenvalue weighted by atomic mass is 16.7. The Hall–Kier alpha value is -1.96. The Morgan fingerprint density at radius 2 is 1.23 bits per heavy atom. The minimum atomic E-state index is -0.642. The maximum absolute atomic E-state index is 6.16. The highest BCUT2D eigenvalue weighted by Crippen LogP contribution is 2.27. The molecule has 2 rings (SSSR count). The third kappa shape index (κ3) is 5.44. The minimum Gasteiger partial charge on any atom is -0.453 e. The molecular weight excluding hydrogens is 272 g/mol. The van der Waals surface area contributed by atoms with Crippen LogP contribution in [0.4, 0.5) is 0 Å². The van der Waals surface area contributed by atoms with Gasteiger partial charge in [0.1, 0.15) is 11.5 Å². The maximum atomic E-state index is 6.16. The first kappa shape index (κ1) is 16.4. The lowest BCUT2D eigenvalue weighted by molar-refractivity contribution is -0.105. The van der Waals surface area contributed by atoms with Crippen LogP contribution in [-0.4, -0.2) is 5.79 Å². The summed E-state index contributed by atoms with van der Waals surface area (Å²) in [7, 11) is 0. The number of hydrogen-bond donors (Lipinski definition) is 0. The van der Waals surface area contributed by atoms with Crippen LogP contribution < -0.4 is 9.47 Å². The summed E-state index contributed by atoms with van der Waals surface area (Å²) >= 11 is 0. The smallest absolute Gasteiger partial charge is 0.248 e. The van der Waals surface area contributed by atoms with Crippen LogP contribution in [-0.2, 0) is 0 Å². The number of unbranched alkanes of at least 4 members (excludes halogenated alkanes) is 3. The van der Waals surface area contributed by atoms with E-state index < -0.39 is 5.79 Å². The largest absolute Gasteiger partial charge is 0.453 e. The average Bonchev–Trinajstić information content (AvgIpc) is 2.53. The zero-order valence-corrected chi connectivity index (χ0v) is 13.6. The van der Waals surface area contributed by atoms with E-state index in [0.29, 0.717) is 0 Å². The van der Waals surface area contributed by atoms with E-state index in [1.807, 2.05) is 67.6 Å². The first-order chi connectivity index (χ1) is 10.7. The average molecular weight is 298 g/mol. The molecule has 0 radical (unpaired) electrons. The second kappa shape index (κ2) is 8.47. The molecular formula is C20H26O2. The molecule has 2 aromatic rings. The number of hydrogen-bond acceptors (Lipinski definition) is 2. The van der Waals surface area contributed by atoms with Crippen molar-refractivity contribution in [1.29, 1.82) is 0 Å². The van der Waals surface area contributed by atoms with Gasteiger partial charge in [-0.05, 0) is 30.7 Å². The monoisotopic (exact) mass is 298 g/mol. The molecule has 118 valence electrons. The molecule has 0 atom stereocenters. The molecule has 0 aromatic heterocycles. The SMILES string of the molecule is CCCCCCC(C)(Oc1ccccc1)Oc1ccccc1. The van der Waals surface area contributed by atoms with Gasteiger partial charge in [-0.3, -0.25) is 0 Å². The molecule has 0 N–H and O–H groups in total. The van der Waals surface area contributed by atoms with Crippen molar-refractivity contribution in [3.05, 3.63) is 60.7 Å². The summed E-state index contributed by atoms with van der Waals surface area (Å²) in [4.78, 5) is 0. The molecule has 0 unspecified atom stereocenters. The number of benzene rings is 2. The zero-order valence-electron chi connectivity index (χ0n) is 13.6. The summed E-state index contributed by atoms with van der Waals surface area (Å²) in [6.07, 6.45) is 5.67. The lowest BCUT2D eigenvalue weighted by Gasteiger charge is -2.31. The summed E-state index contributed by atoms with van der Waals surface area (Å²) < 4.78 is 12.3. The number of para-hydroxylation sites is 2. The molecule has 2 aromatic carbocycles. The van der Waals surface area contributed by atoms with Crippen molar-refractivity contribution < 1.29 is 9.47 Å². The summed E-state index contributed by atoms with van der Waals surface area (Å²) in [5.41, 5.74) is 0. The van der Waals surface area contributed by atoms with Crippen LogP contribution in [0.25, 0.3) is 0 Å². The molecule has 0 aliphatic carbocycles. The highest BCUT2D eigenvalue weighted by Gasteiger charge is 2.28. The van der Waals surface area contributed by atoms with Crippen molar-refractivity contribution >= 4 is 0 Å². The molecule has 0 spiro atoms. The van der Waals surface area contributed by atoms with Gasteiger partial charge in [0.2, 0.25) is 5.79 Å². The number of ether oxygens (including phenoxy) is 2. The van der Waals surface area contributed by atoms with Gasteiger partial charge in [-0.2, -0.15) is 0 Å². The van der Waals surface area contributed by atoms with E-state index in [1.54, 1.807) is 0 Å². The van der Waals surface area contributed by atoms with Crippen molar-refractivity contribution in [3.8, 4) is 11.5 Å². The summed E-state index contributed by atoms with van der Waals surface area (Å²) in [5, 5.41) is 0. The van der Waals surface area contributed by atoms with Gasteiger partial charge in [-0.15, -0.1) is 0 Å². The van der Waals surface area contributed by atoms with Gasteiger partial charge in [0.05, 0.1) is 0 Å². The predicted molar refractivity (Wildman–Crippen MR) is 91.3 cm³/mol. The Morgan fingerprint density at radius 1 is 0.727 bits per heavy atom. The van der Waals surface area contributed by atoms with Gasteiger partial charge < -0.3 is 9.47 Å². The van der Waals surface area contributed by atoms with E-state index in [9.17, 15) is 0 Å². The van der Waals surface area contributed by atoms with E-state index in [-0.39, 0.29) is 0 Å². The molecule has 2 nitrogen and oxygen atoms in total. The third-order valence-corrected chi connectivity index (χ3v) is 3.64. The van der Waals surface area contributed by atoms with E-state index in [1.165, 1.54) is 19.3 Å². The second-order valence-electron chi connectivity index (χ2n) is 5.77. The van der Waals surface area contributed by atoms with Crippen LogP contribution in [0.2, 0.25) is 0 Å². The zero-order chi connectivity index (χ0) is 15.7. The van der Waals surface area contributed by atoms with E-state index in [0.717, 1.165) is 24.3 Å². The summed E-state index contributed by atoms with van der Waals surface area (Å²) in [5.74, 6) is 1.05. The van der Waals surface area contributed by atoms with Crippen molar-refractivity contribution in [2.75, 3.05) is 0 Å². The topological polar surface area (TPSA) is 18.5 Å². The quantitative estimate of drug-likeness (QED) is 0.428. The van der Waals surface area contributed by atoms with Crippen LogP contribution in [0, 0.1) is 0 Å². The molecule has 0 aliphatic rings.